The van der Waals surface area contributed by atoms with Crippen molar-refractivity contribution >= 4 is 11.8 Å². The number of likely N-dealkylation sites (tertiary alicyclic amines) is 3. The quantitative estimate of drug-likeness (QED) is 0.429. The van der Waals surface area contributed by atoms with Crippen LogP contribution in [0.4, 0.5) is 0 Å². The molecule has 5 aliphatic rings. The van der Waals surface area contributed by atoms with Crippen molar-refractivity contribution in [2.24, 2.45) is 17.6 Å². The van der Waals surface area contributed by atoms with Crippen molar-refractivity contribution in [3.8, 4) is 0 Å². The number of carbonyl (C=O) groups excluding carboxylic acids is 2. The van der Waals surface area contributed by atoms with E-state index >= 15 is 0 Å². The van der Waals surface area contributed by atoms with Crippen molar-refractivity contribution in [2.45, 2.75) is 88.9 Å². The number of amides is 2. The first-order chi connectivity index (χ1) is 16.5. The third-order valence-electron chi connectivity index (χ3n) is 9.00. The van der Waals surface area contributed by atoms with Crippen LogP contribution in [0.25, 0.3) is 0 Å². The summed E-state index contributed by atoms with van der Waals surface area (Å²) in [7, 11) is 0. The van der Waals surface area contributed by atoms with Crippen LogP contribution >= 0.6 is 0 Å². The highest BCUT2D eigenvalue weighted by Gasteiger charge is 2.43. The molecule has 5 atom stereocenters. The maximum atomic E-state index is 11.7. The first-order valence-corrected chi connectivity index (χ1v) is 13.4. The molecule has 0 aromatic carbocycles. The number of piperidine rings is 3. The molecule has 0 radical (unpaired) electrons. The Hall–Kier alpha value is -1.30. The molecular weight excluding hydrogens is 434 g/mol. The van der Waals surface area contributed by atoms with E-state index in [1.165, 1.54) is 6.42 Å². The Morgan fingerprint density at radius 2 is 1.74 bits per heavy atom. The van der Waals surface area contributed by atoms with Crippen LogP contribution in [0.3, 0.4) is 0 Å². The van der Waals surface area contributed by atoms with Gasteiger partial charge in [-0.3, -0.25) is 29.5 Å². The lowest BCUT2D eigenvalue weighted by atomic mass is 9.90. The summed E-state index contributed by atoms with van der Waals surface area (Å²) in [5, 5.41) is 7.49. The van der Waals surface area contributed by atoms with E-state index in [9.17, 15) is 9.59 Å². The van der Waals surface area contributed by atoms with Gasteiger partial charge in [-0.1, -0.05) is 0 Å². The first kappa shape index (κ1) is 24.4. The summed E-state index contributed by atoms with van der Waals surface area (Å²) in [6.07, 6.45) is 8.93. The van der Waals surface area contributed by atoms with Gasteiger partial charge in [0, 0.05) is 45.1 Å². The van der Waals surface area contributed by atoms with Crippen molar-refractivity contribution in [1.29, 1.82) is 0 Å². The fourth-order valence-electron chi connectivity index (χ4n) is 6.92. The number of hydrogen-bond donors (Lipinski definition) is 4. The lowest BCUT2D eigenvalue weighted by Gasteiger charge is -2.42. The van der Waals surface area contributed by atoms with E-state index in [0.29, 0.717) is 24.2 Å². The zero-order valence-electron chi connectivity index (χ0n) is 20.6. The first-order valence-electron chi connectivity index (χ1n) is 13.4. The fraction of sp³-hybridized carbons (Fsp3) is 0.917. The number of nitrogens with one attached hydrogen (secondary N) is 3. The molecular formula is C24H43N7O3. The molecule has 192 valence electrons. The van der Waals surface area contributed by atoms with E-state index in [4.69, 9.17) is 10.6 Å². The lowest BCUT2D eigenvalue weighted by Crippen LogP contribution is -2.57. The van der Waals surface area contributed by atoms with Gasteiger partial charge in [-0.2, -0.15) is 5.48 Å². The minimum atomic E-state index is -0.151. The third-order valence-corrected chi connectivity index (χ3v) is 9.00. The van der Waals surface area contributed by atoms with Gasteiger partial charge in [0.25, 0.3) is 0 Å². The van der Waals surface area contributed by atoms with E-state index in [2.05, 4.69) is 25.9 Å². The largest absolute Gasteiger partial charge is 0.369 e. The van der Waals surface area contributed by atoms with Gasteiger partial charge in [-0.15, -0.1) is 0 Å². The molecule has 0 bridgehead atoms. The average Bonchev–Trinajstić information content (AvgIpc) is 3.54. The minimum Gasteiger partial charge on any atom is -0.369 e. The maximum absolute atomic E-state index is 11.7. The van der Waals surface area contributed by atoms with Gasteiger partial charge in [0.15, 0.2) is 0 Å². The number of carbonyl (C=O) groups is 2. The molecule has 10 heteroatoms. The molecule has 5 heterocycles. The number of nitrogens with zero attached hydrogens (tertiary/aromatic N) is 3. The maximum Gasteiger partial charge on any atom is 0.220 e. The van der Waals surface area contributed by atoms with Crippen LogP contribution in [0, 0.1) is 11.8 Å². The molecule has 5 aliphatic heterocycles. The lowest BCUT2D eigenvalue weighted by molar-refractivity contribution is -0.130. The number of primary amides is 1. The summed E-state index contributed by atoms with van der Waals surface area (Å²) in [5.74, 6) is 0.578. The van der Waals surface area contributed by atoms with Gasteiger partial charge >= 0.3 is 0 Å². The van der Waals surface area contributed by atoms with E-state index < -0.39 is 0 Å². The van der Waals surface area contributed by atoms with E-state index in [0.717, 1.165) is 84.2 Å². The monoisotopic (exact) mass is 477 g/mol. The van der Waals surface area contributed by atoms with Gasteiger partial charge in [0.2, 0.25) is 11.8 Å². The van der Waals surface area contributed by atoms with Gasteiger partial charge in [0.05, 0.1) is 18.4 Å². The Morgan fingerprint density at radius 3 is 2.44 bits per heavy atom. The number of hydroxylamine groups is 1. The summed E-state index contributed by atoms with van der Waals surface area (Å²) >= 11 is 0. The molecule has 0 saturated carbocycles. The standard InChI is InChI=1S/C24H43N7O3/c1-16(32)29-13-7-19(8-14-29)31-10-2-3-20(31)24-27-23(28-34-24)18-4-9-26-21(15-18)30-11-5-17(6-12-30)22(25)33/h17-21,23-24,26-28H,2-15H2,1H3,(H2,25,33)/t18?,20-,21?,23?,24?/m0/s1. The molecule has 0 aromatic rings. The van der Waals surface area contributed by atoms with Crippen molar-refractivity contribution in [2.75, 3.05) is 39.3 Å². The highest BCUT2D eigenvalue weighted by atomic mass is 16.7. The molecule has 4 unspecified atom stereocenters. The zero-order valence-corrected chi connectivity index (χ0v) is 20.6. The summed E-state index contributed by atoms with van der Waals surface area (Å²) in [6.45, 7) is 7.41. The normalized spacial score (nSPS) is 37.3. The number of rotatable bonds is 5. The van der Waals surface area contributed by atoms with Crippen molar-refractivity contribution in [3.05, 3.63) is 0 Å². The average molecular weight is 478 g/mol. The van der Waals surface area contributed by atoms with Crippen molar-refractivity contribution in [1.82, 2.24) is 30.8 Å². The summed E-state index contributed by atoms with van der Waals surface area (Å²) in [4.78, 5) is 36.5. The molecule has 5 N–H and O–H groups in total. The second kappa shape index (κ2) is 10.8. The number of nitrogens with two attached hydrogens (primary N) is 1. The Labute approximate surface area is 203 Å². The molecule has 5 fully saturated rings. The summed E-state index contributed by atoms with van der Waals surface area (Å²) < 4.78 is 0. The Morgan fingerprint density at radius 1 is 0.971 bits per heavy atom. The second-order valence-electron chi connectivity index (χ2n) is 11.0. The molecule has 2 amide bonds. The predicted molar refractivity (Wildman–Crippen MR) is 128 cm³/mol. The SMILES string of the molecule is CC(=O)N1CCC(N2CCC[C@H]2C2NC(C3CCNC(N4CCC(C(N)=O)CC4)C3)NO2)CC1. The van der Waals surface area contributed by atoms with E-state index in [1.54, 1.807) is 6.92 Å². The van der Waals surface area contributed by atoms with Gasteiger partial charge < -0.3 is 16.0 Å². The van der Waals surface area contributed by atoms with Gasteiger partial charge in [-0.05, 0) is 70.4 Å². The van der Waals surface area contributed by atoms with Crippen LogP contribution in [0.15, 0.2) is 0 Å². The molecule has 0 spiro atoms. The van der Waals surface area contributed by atoms with Crippen LogP contribution in [0.2, 0.25) is 0 Å². The fourth-order valence-corrected chi connectivity index (χ4v) is 6.92. The predicted octanol–water partition coefficient (Wildman–Crippen LogP) is -0.239. The number of hydrogen-bond acceptors (Lipinski definition) is 8. The van der Waals surface area contributed by atoms with E-state index in [-0.39, 0.29) is 30.1 Å². The molecule has 0 aromatic heterocycles. The highest BCUT2D eigenvalue weighted by molar-refractivity contribution is 5.76. The third kappa shape index (κ3) is 5.27. The summed E-state index contributed by atoms with van der Waals surface area (Å²) in [5.41, 5.74) is 8.86. The topological polar surface area (TPSA) is 115 Å². The van der Waals surface area contributed by atoms with Gasteiger partial charge in [-0.25, -0.2) is 0 Å². The molecule has 34 heavy (non-hydrogen) atoms. The Bertz CT molecular complexity index is 723. The molecule has 10 nitrogen and oxygen atoms in total. The summed E-state index contributed by atoms with van der Waals surface area (Å²) in [6, 6.07) is 0.927. The smallest absolute Gasteiger partial charge is 0.220 e. The Balaban J connectivity index is 1.12. The van der Waals surface area contributed by atoms with Crippen LogP contribution in [-0.2, 0) is 14.4 Å². The van der Waals surface area contributed by atoms with Crippen LogP contribution in [0.5, 0.6) is 0 Å². The minimum absolute atomic E-state index is 0.0120. The Kier molecular flexibility index (Phi) is 7.72. The van der Waals surface area contributed by atoms with Crippen LogP contribution < -0.4 is 21.8 Å². The second-order valence-corrected chi connectivity index (χ2v) is 11.0. The van der Waals surface area contributed by atoms with Crippen molar-refractivity contribution in [3.63, 3.8) is 0 Å². The molecule has 0 aliphatic carbocycles. The highest BCUT2D eigenvalue weighted by Crippen LogP contribution is 2.31. The van der Waals surface area contributed by atoms with Gasteiger partial charge in [0.1, 0.15) is 6.23 Å². The molecule has 5 rings (SSSR count). The van der Waals surface area contributed by atoms with Crippen LogP contribution in [-0.4, -0.2) is 96.4 Å². The molecule has 5 saturated heterocycles. The zero-order chi connectivity index (χ0) is 23.7. The van der Waals surface area contributed by atoms with Crippen molar-refractivity contribution < 1.29 is 14.4 Å². The van der Waals surface area contributed by atoms with Crippen LogP contribution in [0.1, 0.15) is 58.3 Å². The van der Waals surface area contributed by atoms with E-state index in [1.807, 2.05) is 4.90 Å².